The highest BCUT2D eigenvalue weighted by molar-refractivity contribution is 5.46. The molecule has 20 heavy (non-hydrogen) atoms. The van der Waals surface area contributed by atoms with Crippen molar-refractivity contribution in [1.82, 2.24) is 0 Å². The Morgan fingerprint density at radius 1 is 1.10 bits per heavy atom. The van der Waals surface area contributed by atoms with Gasteiger partial charge in [-0.3, -0.25) is 0 Å². The summed E-state index contributed by atoms with van der Waals surface area (Å²) in [5.74, 6) is 0.508. The molecule has 0 saturated carbocycles. The van der Waals surface area contributed by atoms with Gasteiger partial charge in [0.1, 0.15) is 11.5 Å². The number of aliphatic hydroxyl groups is 1. The first kappa shape index (κ1) is 14.4. The molecule has 0 saturated heterocycles. The summed E-state index contributed by atoms with van der Waals surface area (Å²) in [7, 11) is 1.51. The quantitative estimate of drug-likeness (QED) is 0.779. The number of aromatic hydroxyl groups is 1. The molecule has 0 aliphatic heterocycles. The summed E-state index contributed by atoms with van der Waals surface area (Å²) in [5.41, 5.74) is 7.49. The van der Waals surface area contributed by atoms with Crippen LogP contribution in [-0.2, 0) is 6.42 Å². The zero-order chi connectivity index (χ0) is 14.5. The minimum absolute atomic E-state index is 0.0314. The summed E-state index contributed by atoms with van der Waals surface area (Å²) in [6.07, 6.45) is -0.390. The number of nitrogens with two attached hydrogens (primary N) is 1. The third-order valence-corrected chi connectivity index (χ3v) is 3.30. The van der Waals surface area contributed by atoms with Crippen LogP contribution in [0.5, 0.6) is 11.5 Å². The minimum Gasteiger partial charge on any atom is -0.507 e. The zero-order valence-corrected chi connectivity index (χ0v) is 11.4. The molecule has 2 rings (SSSR count). The van der Waals surface area contributed by atoms with Crippen molar-refractivity contribution in [3.8, 4) is 11.5 Å². The number of rotatable bonds is 5. The van der Waals surface area contributed by atoms with Crippen LogP contribution in [0.25, 0.3) is 0 Å². The second-order valence-corrected chi connectivity index (χ2v) is 4.68. The molecule has 4 nitrogen and oxygen atoms in total. The van der Waals surface area contributed by atoms with Crippen molar-refractivity contribution in [2.45, 2.75) is 18.6 Å². The van der Waals surface area contributed by atoms with Crippen molar-refractivity contribution in [2.75, 3.05) is 7.11 Å². The van der Waals surface area contributed by atoms with Crippen molar-refractivity contribution >= 4 is 0 Å². The van der Waals surface area contributed by atoms with E-state index in [1.807, 2.05) is 30.3 Å². The van der Waals surface area contributed by atoms with Gasteiger partial charge in [-0.1, -0.05) is 36.4 Å². The standard InChI is InChI=1S/C16H19NO3/c1-20-14-9-5-8-12(18)15(14)16(17)13(19)10-11-6-3-2-4-7-11/h2-9,13,16,18-19H,10,17H2,1H3/t13-,16-/m1/s1. The van der Waals surface area contributed by atoms with Crippen LogP contribution in [0.1, 0.15) is 17.2 Å². The van der Waals surface area contributed by atoms with Gasteiger partial charge in [0, 0.05) is 6.42 Å². The molecule has 2 aromatic rings. The molecule has 0 aromatic heterocycles. The molecule has 0 aliphatic carbocycles. The Bertz CT molecular complexity index is 557. The lowest BCUT2D eigenvalue weighted by Crippen LogP contribution is -2.28. The molecule has 4 heteroatoms. The minimum atomic E-state index is -0.806. The molecule has 4 N–H and O–H groups in total. The maximum atomic E-state index is 10.3. The SMILES string of the molecule is COc1cccc(O)c1[C@H](N)[C@H](O)Cc1ccccc1. The first-order valence-electron chi connectivity index (χ1n) is 6.47. The average molecular weight is 273 g/mol. The number of ether oxygens (including phenoxy) is 1. The van der Waals surface area contributed by atoms with E-state index in [0.717, 1.165) is 5.56 Å². The highest BCUT2D eigenvalue weighted by atomic mass is 16.5. The molecule has 2 atom stereocenters. The van der Waals surface area contributed by atoms with Crippen molar-refractivity contribution < 1.29 is 14.9 Å². The Hall–Kier alpha value is -2.04. The Morgan fingerprint density at radius 3 is 2.45 bits per heavy atom. The van der Waals surface area contributed by atoms with Crippen LogP contribution in [0.4, 0.5) is 0 Å². The molecular formula is C16H19NO3. The molecule has 0 aliphatic rings. The third kappa shape index (κ3) is 3.10. The van der Waals surface area contributed by atoms with Crippen LogP contribution in [0, 0.1) is 0 Å². The van der Waals surface area contributed by atoms with E-state index in [1.54, 1.807) is 12.1 Å². The van der Waals surface area contributed by atoms with E-state index in [1.165, 1.54) is 13.2 Å². The predicted octanol–water partition coefficient (Wildman–Crippen LogP) is 2.00. The lowest BCUT2D eigenvalue weighted by molar-refractivity contribution is 0.142. The van der Waals surface area contributed by atoms with E-state index in [0.29, 0.717) is 17.7 Å². The van der Waals surface area contributed by atoms with E-state index in [9.17, 15) is 10.2 Å². The van der Waals surface area contributed by atoms with Crippen LogP contribution in [0.3, 0.4) is 0 Å². The van der Waals surface area contributed by atoms with Gasteiger partial charge < -0.3 is 20.7 Å². The maximum Gasteiger partial charge on any atom is 0.127 e. The number of methoxy groups -OCH3 is 1. The van der Waals surface area contributed by atoms with Crippen molar-refractivity contribution in [3.05, 3.63) is 59.7 Å². The van der Waals surface area contributed by atoms with Gasteiger partial charge in [0.05, 0.1) is 24.8 Å². The molecule has 0 fully saturated rings. The van der Waals surface area contributed by atoms with Crippen molar-refractivity contribution in [2.24, 2.45) is 5.73 Å². The smallest absolute Gasteiger partial charge is 0.127 e. The molecule has 2 aromatic carbocycles. The van der Waals surface area contributed by atoms with Gasteiger partial charge >= 0.3 is 0 Å². The Balaban J connectivity index is 2.20. The second kappa shape index (κ2) is 6.41. The number of aliphatic hydroxyl groups excluding tert-OH is 1. The predicted molar refractivity (Wildman–Crippen MR) is 77.7 cm³/mol. The summed E-state index contributed by atoms with van der Waals surface area (Å²) < 4.78 is 5.20. The highest BCUT2D eigenvalue weighted by Gasteiger charge is 2.23. The van der Waals surface area contributed by atoms with E-state index >= 15 is 0 Å². The third-order valence-electron chi connectivity index (χ3n) is 3.30. The lowest BCUT2D eigenvalue weighted by Gasteiger charge is -2.22. The second-order valence-electron chi connectivity index (χ2n) is 4.68. The van der Waals surface area contributed by atoms with Crippen molar-refractivity contribution in [3.63, 3.8) is 0 Å². The normalized spacial score (nSPS) is 13.8. The molecule has 0 bridgehead atoms. The van der Waals surface area contributed by atoms with Gasteiger partial charge in [0.25, 0.3) is 0 Å². The Morgan fingerprint density at radius 2 is 1.80 bits per heavy atom. The van der Waals surface area contributed by atoms with Gasteiger partial charge in [-0.25, -0.2) is 0 Å². The molecule has 0 amide bonds. The molecule has 0 heterocycles. The van der Waals surface area contributed by atoms with E-state index < -0.39 is 12.1 Å². The molecule has 0 unspecified atom stereocenters. The topological polar surface area (TPSA) is 75.7 Å². The van der Waals surface area contributed by atoms with Gasteiger partial charge in [-0.15, -0.1) is 0 Å². The van der Waals surface area contributed by atoms with Gasteiger partial charge in [0.2, 0.25) is 0 Å². The van der Waals surface area contributed by atoms with Gasteiger partial charge in [0.15, 0.2) is 0 Å². The van der Waals surface area contributed by atoms with Crippen molar-refractivity contribution in [1.29, 1.82) is 0 Å². The molecule has 0 radical (unpaired) electrons. The fourth-order valence-corrected chi connectivity index (χ4v) is 2.22. The maximum absolute atomic E-state index is 10.3. The molecular weight excluding hydrogens is 254 g/mol. The Kier molecular flexibility index (Phi) is 4.61. The van der Waals surface area contributed by atoms with Gasteiger partial charge in [-0.05, 0) is 17.7 Å². The number of hydrogen-bond donors (Lipinski definition) is 3. The van der Waals surface area contributed by atoms with Crippen LogP contribution < -0.4 is 10.5 Å². The van der Waals surface area contributed by atoms with Gasteiger partial charge in [-0.2, -0.15) is 0 Å². The summed E-state index contributed by atoms with van der Waals surface area (Å²) in [5, 5.41) is 20.2. The average Bonchev–Trinajstić information content (AvgIpc) is 2.47. The fraction of sp³-hybridized carbons (Fsp3) is 0.250. The van der Waals surface area contributed by atoms with E-state index in [-0.39, 0.29) is 5.75 Å². The largest absolute Gasteiger partial charge is 0.507 e. The first-order valence-corrected chi connectivity index (χ1v) is 6.47. The summed E-state index contributed by atoms with van der Waals surface area (Å²) in [6.45, 7) is 0. The highest BCUT2D eigenvalue weighted by Crippen LogP contribution is 2.34. The monoisotopic (exact) mass is 273 g/mol. The number of phenolic OH excluding ortho intramolecular Hbond substituents is 1. The van der Waals surface area contributed by atoms with Crippen LogP contribution in [0.2, 0.25) is 0 Å². The molecule has 106 valence electrons. The number of benzene rings is 2. The van der Waals surface area contributed by atoms with E-state index in [4.69, 9.17) is 10.5 Å². The fourth-order valence-electron chi connectivity index (χ4n) is 2.22. The lowest BCUT2D eigenvalue weighted by atomic mass is 9.95. The first-order chi connectivity index (χ1) is 9.63. The Labute approximate surface area is 118 Å². The van der Waals surface area contributed by atoms with Crippen LogP contribution in [0.15, 0.2) is 48.5 Å². The van der Waals surface area contributed by atoms with Crippen LogP contribution >= 0.6 is 0 Å². The summed E-state index contributed by atoms with van der Waals surface area (Å²) >= 11 is 0. The van der Waals surface area contributed by atoms with E-state index in [2.05, 4.69) is 0 Å². The molecule has 0 spiro atoms. The zero-order valence-electron chi connectivity index (χ0n) is 11.4. The number of hydrogen-bond acceptors (Lipinski definition) is 4. The number of phenols is 1. The summed E-state index contributed by atoms with van der Waals surface area (Å²) in [4.78, 5) is 0. The van der Waals surface area contributed by atoms with Crippen LogP contribution in [-0.4, -0.2) is 23.4 Å². The summed E-state index contributed by atoms with van der Waals surface area (Å²) in [6, 6.07) is 13.8.